The Morgan fingerprint density at radius 1 is 1.09 bits per heavy atom. The predicted molar refractivity (Wildman–Crippen MR) is 132 cm³/mol. The van der Waals surface area contributed by atoms with Gasteiger partial charge < -0.3 is 14.4 Å². The van der Waals surface area contributed by atoms with Crippen LogP contribution in [-0.4, -0.2) is 29.9 Å². The van der Waals surface area contributed by atoms with Crippen molar-refractivity contribution in [1.29, 1.82) is 0 Å². The molecular formula is C23H24ClN2O5PS. The number of halogens is 1. The fourth-order valence-corrected chi connectivity index (χ4v) is 6.29. The number of benzene rings is 2. The van der Waals surface area contributed by atoms with Crippen LogP contribution in [0.4, 0.5) is 5.69 Å². The lowest BCUT2D eigenvalue weighted by molar-refractivity contribution is 0.101. The predicted octanol–water partition coefficient (Wildman–Crippen LogP) is 6.68. The molecule has 0 spiro atoms. The van der Waals surface area contributed by atoms with Gasteiger partial charge in [-0.1, -0.05) is 41.9 Å². The maximum atomic E-state index is 13.3. The van der Waals surface area contributed by atoms with Crippen LogP contribution in [0.3, 0.4) is 0 Å². The number of nitrogens with zero attached hydrogens (tertiary/aromatic N) is 1. The second-order valence-electron chi connectivity index (χ2n) is 6.96. The highest BCUT2D eigenvalue weighted by atomic mass is 35.5. The van der Waals surface area contributed by atoms with Gasteiger partial charge in [-0.3, -0.25) is 14.2 Å². The van der Waals surface area contributed by atoms with E-state index in [0.29, 0.717) is 31.9 Å². The molecule has 3 rings (SSSR count). The van der Waals surface area contributed by atoms with Crippen molar-refractivity contribution in [3.05, 3.63) is 69.0 Å². The van der Waals surface area contributed by atoms with Gasteiger partial charge in [-0.25, -0.2) is 4.98 Å². The molecule has 1 amide bonds. The van der Waals surface area contributed by atoms with E-state index >= 15 is 0 Å². The third-order valence-electron chi connectivity index (χ3n) is 4.51. The van der Waals surface area contributed by atoms with Crippen molar-refractivity contribution >= 4 is 47.9 Å². The first kappa shape index (κ1) is 25.3. The number of nitrogens with one attached hydrogen (secondary N) is 1. The monoisotopic (exact) mass is 506 g/mol. The van der Waals surface area contributed by atoms with Crippen LogP contribution in [0.15, 0.2) is 48.5 Å². The van der Waals surface area contributed by atoms with Gasteiger partial charge >= 0.3 is 7.60 Å². The van der Waals surface area contributed by atoms with Gasteiger partial charge in [0.15, 0.2) is 5.78 Å². The molecule has 1 heterocycles. The molecule has 0 aliphatic heterocycles. The Morgan fingerprint density at radius 3 is 2.36 bits per heavy atom. The second-order valence-corrected chi connectivity index (χ2v) is 10.5. The molecule has 1 N–H and O–H groups in total. The first-order valence-electron chi connectivity index (χ1n) is 10.3. The van der Waals surface area contributed by atoms with Gasteiger partial charge in [0.25, 0.3) is 5.91 Å². The van der Waals surface area contributed by atoms with E-state index in [-0.39, 0.29) is 25.2 Å². The number of anilines is 1. The molecule has 2 aromatic carbocycles. The van der Waals surface area contributed by atoms with Gasteiger partial charge in [-0.2, -0.15) is 0 Å². The van der Waals surface area contributed by atoms with Crippen LogP contribution in [0.5, 0.6) is 0 Å². The van der Waals surface area contributed by atoms with Crippen LogP contribution >= 0.6 is 30.5 Å². The normalized spacial score (nSPS) is 11.4. The molecular weight excluding hydrogens is 483 g/mol. The molecule has 0 saturated carbocycles. The van der Waals surface area contributed by atoms with Crippen molar-refractivity contribution in [2.24, 2.45) is 0 Å². The third-order valence-corrected chi connectivity index (χ3v) is 8.01. The van der Waals surface area contributed by atoms with Gasteiger partial charge in [-0.05, 0) is 39.0 Å². The highest BCUT2D eigenvalue weighted by Gasteiger charge is 2.29. The Hall–Kier alpha value is -2.35. The minimum atomic E-state index is -3.41. The molecule has 10 heteroatoms. The summed E-state index contributed by atoms with van der Waals surface area (Å²) in [7, 11) is -3.41. The minimum absolute atomic E-state index is 0.0495. The summed E-state index contributed by atoms with van der Waals surface area (Å²) in [6.45, 7) is 5.33. The zero-order valence-electron chi connectivity index (χ0n) is 18.5. The van der Waals surface area contributed by atoms with Crippen molar-refractivity contribution in [2.75, 3.05) is 18.5 Å². The molecule has 0 unspecified atom stereocenters. The van der Waals surface area contributed by atoms with Crippen LogP contribution in [-0.2, 0) is 19.8 Å². The smallest absolute Gasteiger partial charge is 0.321 e. The molecule has 174 valence electrons. The number of carbonyl (C=O) groups excluding carboxylic acids is 2. The number of ketones is 1. The average molecular weight is 507 g/mol. The van der Waals surface area contributed by atoms with Crippen molar-refractivity contribution in [3.63, 3.8) is 0 Å². The van der Waals surface area contributed by atoms with Gasteiger partial charge in [0.2, 0.25) is 0 Å². The van der Waals surface area contributed by atoms with E-state index in [9.17, 15) is 14.2 Å². The van der Waals surface area contributed by atoms with E-state index < -0.39 is 13.5 Å². The summed E-state index contributed by atoms with van der Waals surface area (Å²) in [5, 5.41) is 3.64. The maximum Gasteiger partial charge on any atom is 0.337 e. The summed E-state index contributed by atoms with van der Waals surface area (Å²) >= 11 is 7.12. The summed E-state index contributed by atoms with van der Waals surface area (Å²) in [4.78, 5) is 30.2. The summed E-state index contributed by atoms with van der Waals surface area (Å²) in [5.74, 6) is -0.666. The zero-order valence-corrected chi connectivity index (χ0v) is 20.9. The first-order chi connectivity index (χ1) is 15.8. The van der Waals surface area contributed by atoms with E-state index in [0.717, 1.165) is 16.9 Å². The van der Waals surface area contributed by atoms with E-state index in [1.165, 1.54) is 13.0 Å². The van der Waals surface area contributed by atoms with E-state index in [1.807, 2.05) is 30.3 Å². The molecule has 3 aromatic rings. The lowest BCUT2D eigenvalue weighted by Crippen LogP contribution is -2.14. The largest absolute Gasteiger partial charge is 0.337 e. The Balaban J connectivity index is 2.01. The molecule has 0 atom stereocenters. The zero-order chi connectivity index (χ0) is 24.0. The highest BCUT2D eigenvalue weighted by Crippen LogP contribution is 2.52. The molecule has 0 fully saturated rings. The summed E-state index contributed by atoms with van der Waals surface area (Å²) < 4.78 is 23.8. The molecule has 0 radical (unpaired) electrons. The number of hydrogen-bond acceptors (Lipinski definition) is 7. The van der Waals surface area contributed by atoms with Gasteiger partial charge in [0, 0.05) is 16.1 Å². The van der Waals surface area contributed by atoms with Crippen LogP contribution in [0.1, 0.15) is 45.8 Å². The lowest BCUT2D eigenvalue weighted by atomic mass is 10.1. The molecule has 0 saturated heterocycles. The molecule has 0 aliphatic rings. The number of carbonyl (C=O) groups is 2. The fraction of sp³-hybridized carbons (Fsp3) is 0.261. The first-order valence-corrected chi connectivity index (χ1v) is 13.2. The second kappa shape index (κ2) is 11.2. The maximum absolute atomic E-state index is 13.3. The highest BCUT2D eigenvalue weighted by molar-refractivity contribution is 7.53. The van der Waals surface area contributed by atoms with E-state index in [2.05, 4.69) is 10.3 Å². The van der Waals surface area contributed by atoms with Crippen molar-refractivity contribution in [2.45, 2.75) is 26.9 Å². The van der Waals surface area contributed by atoms with Crippen LogP contribution < -0.4 is 5.32 Å². The molecule has 7 nitrogen and oxygen atoms in total. The number of hydrogen-bond donors (Lipinski definition) is 1. The summed E-state index contributed by atoms with van der Waals surface area (Å²) in [6.07, 6.45) is -0.0495. The van der Waals surface area contributed by atoms with Crippen molar-refractivity contribution < 1.29 is 23.2 Å². The standard InChI is InChI=1S/C23H24ClN2O5PS/c1-4-30-32(29,31-5-2)14-20-26-21(16-9-7-6-8-10-16)22(33-20)23(28)25-19-12-11-17(24)13-18(19)15(3)27/h6-13H,4-5,14H2,1-3H3,(H,25,28). The van der Waals surface area contributed by atoms with Gasteiger partial charge in [-0.15, -0.1) is 11.3 Å². The SMILES string of the molecule is CCOP(=O)(Cc1nc(-c2ccccc2)c(C(=O)Nc2ccc(Cl)cc2C(C)=O)s1)OCC. The average Bonchev–Trinajstić information content (AvgIpc) is 3.19. The summed E-state index contributed by atoms with van der Waals surface area (Å²) in [6, 6.07) is 13.9. The Bertz CT molecular complexity index is 1190. The topological polar surface area (TPSA) is 94.6 Å². The number of amides is 1. The Morgan fingerprint density at radius 2 is 1.76 bits per heavy atom. The van der Waals surface area contributed by atoms with E-state index in [4.69, 9.17) is 20.6 Å². The third kappa shape index (κ3) is 6.37. The van der Waals surface area contributed by atoms with Crippen LogP contribution in [0, 0.1) is 0 Å². The number of Topliss-reactive ketones (excluding diaryl/α,β-unsaturated/α-hetero) is 1. The number of rotatable bonds is 10. The minimum Gasteiger partial charge on any atom is -0.321 e. The van der Waals surface area contributed by atoms with Crippen molar-refractivity contribution in [3.8, 4) is 11.3 Å². The molecule has 1 aromatic heterocycles. The quantitative estimate of drug-likeness (QED) is 0.243. The fourth-order valence-electron chi connectivity index (χ4n) is 3.16. The van der Waals surface area contributed by atoms with Crippen molar-refractivity contribution in [1.82, 2.24) is 4.98 Å². The van der Waals surface area contributed by atoms with Crippen LogP contribution in [0.2, 0.25) is 5.02 Å². The van der Waals surface area contributed by atoms with Gasteiger partial charge in [0.1, 0.15) is 16.0 Å². The number of aromatic nitrogens is 1. The summed E-state index contributed by atoms with van der Waals surface area (Å²) in [5.41, 5.74) is 1.83. The Kier molecular flexibility index (Phi) is 8.57. The Labute approximate surface area is 201 Å². The van der Waals surface area contributed by atoms with E-state index in [1.54, 1.807) is 26.0 Å². The molecule has 0 aliphatic carbocycles. The molecule has 0 bridgehead atoms. The molecule has 33 heavy (non-hydrogen) atoms. The van der Waals surface area contributed by atoms with Crippen LogP contribution in [0.25, 0.3) is 11.3 Å². The number of thiazole rings is 1. The van der Waals surface area contributed by atoms with Gasteiger partial charge in [0.05, 0.1) is 24.6 Å². The lowest BCUT2D eigenvalue weighted by Gasteiger charge is -2.15.